The average Bonchev–Trinajstić information content (AvgIpc) is 1.61. The Hall–Kier alpha value is -0.180. The smallest absolute Gasteiger partial charge is 0.240 e. The SMILES string of the molecule is COCCC(F)F. The quantitative estimate of drug-likeness (QED) is 0.531. The molecule has 0 fully saturated rings. The summed E-state index contributed by atoms with van der Waals surface area (Å²) in [4.78, 5) is 0. The van der Waals surface area contributed by atoms with Gasteiger partial charge in [0.1, 0.15) is 0 Å². The highest BCUT2D eigenvalue weighted by Gasteiger charge is 1.98. The molecule has 0 atom stereocenters. The number of ether oxygens (including phenoxy) is 1. The predicted molar refractivity (Wildman–Crippen MR) is 22.5 cm³/mol. The van der Waals surface area contributed by atoms with Crippen molar-refractivity contribution in [1.29, 1.82) is 0 Å². The molecule has 0 radical (unpaired) electrons. The van der Waals surface area contributed by atoms with E-state index in [4.69, 9.17) is 0 Å². The molecular formula is C4H8F2O. The summed E-state index contributed by atoms with van der Waals surface area (Å²) in [7, 11) is 1.41. The Bertz CT molecular complexity index is 38.7. The van der Waals surface area contributed by atoms with Crippen molar-refractivity contribution < 1.29 is 13.5 Å². The van der Waals surface area contributed by atoms with Crippen LogP contribution in [0.1, 0.15) is 6.42 Å². The van der Waals surface area contributed by atoms with Crippen LogP contribution in [0.3, 0.4) is 0 Å². The van der Waals surface area contributed by atoms with Gasteiger partial charge in [-0.05, 0) is 0 Å². The van der Waals surface area contributed by atoms with Gasteiger partial charge in [0, 0.05) is 13.5 Å². The summed E-state index contributed by atoms with van der Waals surface area (Å²) < 4.78 is 26.7. The van der Waals surface area contributed by atoms with Gasteiger partial charge in [-0.3, -0.25) is 0 Å². The van der Waals surface area contributed by atoms with Gasteiger partial charge in [-0.15, -0.1) is 0 Å². The molecule has 0 aliphatic heterocycles. The van der Waals surface area contributed by atoms with E-state index >= 15 is 0 Å². The number of hydrogen-bond donors (Lipinski definition) is 0. The van der Waals surface area contributed by atoms with Crippen molar-refractivity contribution in [2.24, 2.45) is 0 Å². The van der Waals surface area contributed by atoms with Crippen molar-refractivity contribution in [1.82, 2.24) is 0 Å². The van der Waals surface area contributed by atoms with Crippen LogP contribution in [0, 0.1) is 0 Å². The Morgan fingerprint density at radius 2 is 2.14 bits per heavy atom. The van der Waals surface area contributed by atoms with Crippen LogP contribution in [0.25, 0.3) is 0 Å². The average molecular weight is 110 g/mol. The van der Waals surface area contributed by atoms with Gasteiger partial charge in [-0.25, -0.2) is 8.78 Å². The fourth-order valence-electron chi connectivity index (χ4n) is 0.207. The standard InChI is InChI=1S/C4H8F2O/c1-7-3-2-4(5)6/h4H,2-3H2,1H3. The van der Waals surface area contributed by atoms with Gasteiger partial charge in [0.25, 0.3) is 0 Å². The van der Waals surface area contributed by atoms with E-state index in [0.717, 1.165) is 0 Å². The van der Waals surface area contributed by atoms with Gasteiger partial charge >= 0.3 is 0 Å². The van der Waals surface area contributed by atoms with Crippen molar-refractivity contribution >= 4 is 0 Å². The van der Waals surface area contributed by atoms with E-state index in [2.05, 4.69) is 4.74 Å². The number of hydrogen-bond acceptors (Lipinski definition) is 1. The fraction of sp³-hybridized carbons (Fsp3) is 1.00. The lowest BCUT2D eigenvalue weighted by Gasteiger charge is -1.93. The van der Waals surface area contributed by atoms with Gasteiger partial charge < -0.3 is 4.74 Å². The molecule has 7 heavy (non-hydrogen) atoms. The third kappa shape index (κ3) is 5.82. The normalized spacial score (nSPS) is 10.3. The second-order valence-corrected chi connectivity index (χ2v) is 1.17. The van der Waals surface area contributed by atoms with E-state index in [1.807, 2.05) is 0 Å². The van der Waals surface area contributed by atoms with Crippen LogP contribution >= 0.6 is 0 Å². The van der Waals surface area contributed by atoms with Crippen molar-refractivity contribution in [3.63, 3.8) is 0 Å². The Balaban J connectivity index is 2.68. The molecule has 0 aromatic heterocycles. The maximum atomic E-state index is 11.1. The molecule has 1 nitrogen and oxygen atoms in total. The second-order valence-electron chi connectivity index (χ2n) is 1.17. The lowest BCUT2D eigenvalue weighted by molar-refractivity contribution is 0.0894. The van der Waals surface area contributed by atoms with E-state index in [0.29, 0.717) is 0 Å². The van der Waals surface area contributed by atoms with E-state index in [1.165, 1.54) is 7.11 Å². The molecule has 0 N–H and O–H groups in total. The third-order valence-electron chi connectivity index (χ3n) is 0.540. The predicted octanol–water partition coefficient (Wildman–Crippen LogP) is 1.29. The number of rotatable bonds is 3. The molecule has 0 aromatic rings. The van der Waals surface area contributed by atoms with Crippen LogP contribution in [0.4, 0.5) is 8.78 Å². The molecule has 0 rings (SSSR count). The summed E-state index contributed by atoms with van der Waals surface area (Å²) in [5, 5.41) is 0. The monoisotopic (exact) mass is 110 g/mol. The van der Waals surface area contributed by atoms with E-state index < -0.39 is 6.43 Å². The Morgan fingerprint density at radius 3 is 2.29 bits per heavy atom. The van der Waals surface area contributed by atoms with Gasteiger partial charge in [0.15, 0.2) is 0 Å². The molecule has 0 heterocycles. The van der Waals surface area contributed by atoms with Crippen molar-refractivity contribution in [3.05, 3.63) is 0 Å². The number of halogens is 2. The number of alkyl halides is 2. The number of methoxy groups -OCH3 is 1. The molecule has 44 valence electrons. The highest BCUT2D eigenvalue weighted by molar-refractivity contribution is 4.34. The zero-order valence-electron chi connectivity index (χ0n) is 4.16. The Morgan fingerprint density at radius 1 is 1.57 bits per heavy atom. The molecule has 0 amide bonds. The van der Waals surface area contributed by atoms with Crippen LogP contribution in [0.5, 0.6) is 0 Å². The first-order chi connectivity index (χ1) is 3.27. The van der Waals surface area contributed by atoms with Gasteiger partial charge in [-0.2, -0.15) is 0 Å². The summed E-state index contributed by atoms with van der Waals surface area (Å²) in [5.74, 6) is 0. The zero-order valence-corrected chi connectivity index (χ0v) is 4.16. The molecule has 0 spiro atoms. The molecule has 0 unspecified atom stereocenters. The first kappa shape index (κ1) is 6.82. The summed E-state index contributed by atoms with van der Waals surface area (Å²) in [6.45, 7) is 0.150. The van der Waals surface area contributed by atoms with E-state index in [-0.39, 0.29) is 13.0 Å². The summed E-state index contributed by atoms with van der Waals surface area (Å²) in [5.41, 5.74) is 0. The largest absolute Gasteiger partial charge is 0.384 e. The van der Waals surface area contributed by atoms with Crippen LogP contribution in [-0.2, 0) is 4.74 Å². The molecule has 0 saturated carbocycles. The minimum absolute atomic E-state index is 0.150. The van der Waals surface area contributed by atoms with Gasteiger partial charge in [0.2, 0.25) is 6.43 Å². The van der Waals surface area contributed by atoms with Gasteiger partial charge in [-0.1, -0.05) is 0 Å². The van der Waals surface area contributed by atoms with Gasteiger partial charge in [0.05, 0.1) is 6.61 Å². The molecule has 0 aliphatic rings. The van der Waals surface area contributed by atoms with Crippen LogP contribution in [-0.4, -0.2) is 20.1 Å². The molecule has 3 heteroatoms. The maximum Gasteiger partial charge on any atom is 0.240 e. The van der Waals surface area contributed by atoms with Crippen molar-refractivity contribution in [3.8, 4) is 0 Å². The lowest BCUT2D eigenvalue weighted by Crippen LogP contribution is -1.96. The van der Waals surface area contributed by atoms with Crippen molar-refractivity contribution in [2.45, 2.75) is 12.8 Å². The van der Waals surface area contributed by atoms with E-state index in [1.54, 1.807) is 0 Å². The van der Waals surface area contributed by atoms with Crippen LogP contribution < -0.4 is 0 Å². The summed E-state index contributed by atoms with van der Waals surface area (Å²) in [6, 6.07) is 0. The molecule has 0 bridgehead atoms. The Kier molecular flexibility index (Phi) is 3.89. The second kappa shape index (κ2) is 3.99. The minimum atomic E-state index is -2.22. The first-order valence-corrected chi connectivity index (χ1v) is 2.04. The minimum Gasteiger partial charge on any atom is -0.384 e. The molecule has 0 saturated heterocycles. The molecule has 0 aliphatic carbocycles. The van der Waals surface area contributed by atoms with Crippen LogP contribution in [0.15, 0.2) is 0 Å². The first-order valence-electron chi connectivity index (χ1n) is 2.04. The third-order valence-corrected chi connectivity index (χ3v) is 0.540. The fourth-order valence-corrected chi connectivity index (χ4v) is 0.207. The highest BCUT2D eigenvalue weighted by Crippen LogP contribution is 1.96. The molecule has 0 aromatic carbocycles. The Labute approximate surface area is 41.3 Å². The van der Waals surface area contributed by atoms with Crippen molar-refractivity contribution in [2.75, 3.05) is 13.7 Å². The maximum absolute atomic E-state index is 11.1. The van der Waals surface area contributed by atoms with E-state index in [9.17, 15) is 8.78 Å². The topological polar surface area (TPSA) is 9.23 Å². The summed E-state index contributed by atoms with van der Waals surface area (Å²) in [6.07, 6.45) is -2.38. The molecular weight excluding hydrogens is 102 g/mol. The lowest BCUT2D eigenvalue weighted by atomic mass is 10.5. The van der Waals surface area contributed by atoms with Crippen LogP contribution in [0.2, 0.25) is 0 Å². The highest BCUT2D eigenvalue weighted by atomic mass is 19.3. The zero-order chi connectivity index (χ0) is 5.70. The summed E-state index contributed by atoms with van der Waals surface area (Å²) >= 11 is 0.